The van der Waals surface area contributed by atoms with Crippen LogP contribution in [-0.2, 0) is 4.79 Å². The van der Waals surface area contributed by atoms with Crippen molar-refractivity contribution in [1.82, 2.24) is 0 Å². The van der Waals surface area contributed by atoms with Crippen molar-refractivity contribution in [3.63, 3.8) is 0 Å². The van der Waals surface area contributed by atoms with E-state index in [0.717, 1.165) is 11.1 Å². The van der Waals surface area contributed by atoms with Gasteiger partial charge in [-0.1, -0.05) is 121 Å². The first-order valence-corrected chi connectivity index (χ1v) is 12.0. The van der Waals surface area contributed by atoms with Crippen LogP contribution in [0.5, 0.6) is 0 Å². The summed E-state index contributed by atoms with van der Waals surface area (Å²) in [6.07, 6.45) is -0.628. The molecular weight excluding hydrogens is 416 g/mol. The normalized spacial score (nSPS) is 23.5. The van der Waals surface area contributed by atoms with E-state index in [9.17, 15) is 9.90 Å². The zero-order valence-corrected chi connectivity index (χ0v) is 19.4. The number of aliphatic hydroxyl groups is 1. The minimum Gasteiger partial charge on any atom is -0.388 e. The summed E-state index contributed by atoms with van der Waals surface area (Å²) in [6.45, 7) is 1.71. The molecule has 170 valence electrons. The van der Waals surface area contributed by atoms with Crippen LogP contribution in [0.2, 0.25) is 0 Å². The van der Waals surface area contributed by atoms with Crippen LogP contribution in [0.25, 0.3) is 0 Å². The van der Waals surface area contributed by atoms with E-state index in [1.54, 1.807) is 6.92 Å². The smallest absolute Gasteiger partial charge is 0.137 e. The molecule has 0 aliphatic heterocycles. The third-order valence-corrected chi connectivity index (χ3v) is 7.51. The highest BCUT2D eigenvalue weighted by Crippen LogP contribution is 2.65. The average molecular weight is 447 g/mol. The first kappa shape index (κ1) is 22.3. The van der Waals surface area contributed by atoms with Crippen molar-refractivity contribution >= 4 is 5.78 Å². The van der Waals surface area contributed by atoms with E-state index < -0.39 is 6.10 Å². The third kappa shape index (κ3) is 4.10. The van der Waals surface area contributed by atoms with E-state index in [0.29, 0.717) is 0 Å². The Bertz CT molecular complexity index is 1160. The van der Waals surface area contributed by atoms with Crippen molar-refractivity contribution in [2.75, 3.05) is 0 Å². The maximum atomic E-state index is 13.2. The summed E-state index contributed by atoms with van der Waals surface area (Å²) in [5.41, 5.74) is 4.34. The number of carbonyl (C=O) groups is 1. The fourth-order valence-electron chi connectivity index (χ4n) is 6.12. The highest BCUT2D eigenvalue weighted by molar-refractivity contribution is 5.84. The summed E-state index contributed by atoms with van der Waals surface area (Å²) in [6, 6.07) is 40.9. The molecule has 5 rings (SSSR count). The van der Waals surface area contributed by atoms with E-state index in [1.807, 2.05) is 60.7 Å². The van der Waals surface area contributed by atoms with E-state index in [-0.39, 0.29) is 35.4 Å². The summed E-state index contributed by atoms with van der Waals surface area (Å²) in [5.74, 6) is 0.0452. The van der Waals surface area contributed by atoms with Crippen LogP contribution in [0.15, 0.2) is 121 Å². The maximum Gasteiger partial charge on any atom is 0.137 e. The van der Waals surface area contributed by atoms with E-state index in [2.05, 4.69) is 60.7 Å². The predicted octanol–water partition coefficient (Wildman–Crippen LogP) is 6.91. The van der Waals surface area contributed by atoms with Crippen molar-refractivity contribution in [1.29, 1.82) is 0 Å². The largest absolute Gasteiger partial charge is 0.388 e. The van der Waals surface area contributed by atoms with Gasteiger partial charge in [-0.05, 0) is 46.9 Å². The Morgan fingerprint density at radius 2 is 0.971 bits per heavy atom. The summed E-state index contributed by atoms with van der Waals surface area (Å²) in [4.78, 5) is 13.2. The second-order valence-corrected chi connectivity index (χ2v) is 9.38. The topological polar surface area (TPSA) is 37.3 Å². The van der Waals surface area contributed by atoms with Gasteiger partial charge in [-0.25, -0.2) is 0 Å². The maximum absolute atomic E-state index is 13.2. The van der Waals surface area contributed by atoms with Gasteiger partial charge in [0.1, 0.15) is 5.78 Å². The highest BCUT2D eigenvalue weighted by Gasteiger charge is 2.57. The molecular formula is C32H30O2. The number of carbonyl (C=O) groups excluding carboxylic acids is 1. The molecule has 0 amide bonds. The molecule has 0 bridgehead atoms. The van der Waals surface area contributed by atoms with Crippen molar-refractivity contribution in [3.05, 3.63) is 144 Å². The minimum atomic E-state index is -0.628. The first-order chi connectivity index (χ1) is 16.7. The molecule has 1 fully saturated rings. The van der Waals surface area contributed by atoms with Crippen LogP contribution in [-0.4, -0.2) is 10.9 Å². The molecule has 0 spiro atoms. The fraction of sp³-hybridized carbons (Fsp3) is 0.219. The van der Waals surface area contributed by atoms with Crippen LogP contribution in [0.4, 0.5) is 0 Å². The van der Waals surface area contributed by atoms with Crippen LogP contribution < -0.4 is 0 Å². The molecule has 0 heterocycles. The number of hydrogen-bond donors (Lipinski definition) is 1. The van der Waals surface area contributed by atoms with Gasteiger partial charge in [0.05, 0.1) is 6.10 Å². The lowest BCUT2D eigenvalue weighted by molar-refractivity contribution is -0.124. The second-order valence-electron chi connectivity index (χ2n) is 9.38. The summed E-state index contributed by atoms with van der Waals surface area (Å²) in [7, 11) is 0. The molecule has 0 radical (unpaired) electrons. The second kappa shape index (κ2) is 9.79. The molecule has 0 saturated heterocycles. The lowest BCUT2D eigenvalue weighted by atomic mass is 9.46. The molecule has 1 aliphatic rings. The molecule has 4 aromatic rings. The number of aliphatic hydroxyl groups excluding tert-OH is 1. The summed E-state index contributed by atoms with van der Waals surface area (Å²) < 4.78 is 0. The Hall–Kier alpha value is -3.49. The number of benzene rings is 4. The number of Topliss-reactive ketones (excluding diaryl/α,β-unsaturated/α-hetero) is 1. The predicted molar refractivity (Wildman–Crippen MR) is 137 cm³/mol. The van der Waals surface area contributed by atoms with Crippen LogP contribution in [0, 0.1) is 11.8 Å². The zero-order valence-electron chi connectivity index (χ0n) is 19.4. The monoisotopic (exact) mass is 446 g/mol. The van der Waals surface area contributed by atoms with Gasteiger partial charge in [0.15, 0.2) is 0 Å². The van der Waals surface area contributed by atoms with Gasteiger partial charge in [0, 0.05) is 11.8 Å². The quantitative estimate of drug-likeness (QED) is 0.335. The van der Waals surface area contributed by atoms with Crippen LogP contribution >= 0.6 is 0 Å². The van der Waals surface area contributed by atoms with Gasteiger partial charge >= 0.3 is 0 Å². The van der Waals surface area contributed by atoms with Gasteiger partial charge in [-0.2, -0.15) is 0 Å². The van der Waals surface area contributed by atoms with Gasteiger partial charge in [0.25, 0.3) is 0 Å². The fourth-order valence-corrected chi connectivity index (χ4v) is 6.12. The van der Waals surface area contributed by atoms with Crippen molar-refractivity contribution in [3.8, 4) is 0 Å². The summed E-state index contributed by atoms with van der Waals surface area (Å²) in [5, 5.41) is 11.7. The number of hydrogen-bond acceptors (Lipinski definition) is 2. The number of ketones is 1. The molecule has 1 aliphatic carbocycles. The van der Waals surface area contributed by atoms with Gasteiger partial charge in [-0.3, -0.25) is 4.79 Å². The Morgan fingerprint density at radius 1 is 0.588 bits per heavy atom. The molecule has 4 unspecified atom stereocenters. The highest BCUT2D eigenvalue weighted by atomic mass is 16.3. The van der Waals surface area contributed by atoms with E-state index in [1.165, 1.54) is 11.1 Å². The molecule has 1 N–H and O–H groups in total. The summed E-state index contributed by atoms with van der Waals surface area (Å²) >= 11 is 0. The Balaban J connectivity index is 1.67. The number of rotatable bonds is 7. The van der Waals surface area contributed by atoms with Crippen LogP contribution in [0.1, 0.15) is 53.0 Å². The molecule has 2 heteroatoms. The zero-order chi connectivity index (χ0) is 23.5. The first-order valence-electron chi connectivity index (χ1n) is 12.0. The van der Waals surface area contributed by atoms with Crippen molar-refractivity contribution < 1.29 is 9.90 Å². The van der Waals surface area contributed by atoms with Gasteiger partial charge in [-0.15, -0.1) is 0 Å². The molecule has 4 aromatic carbocycles. The minimum absolute atomic E-state index is 0.0391. The van der Waals surface area contributed by atoms with E-state index >= 15 is 0 Å². The Labute approximate surface area is 201 Å². The Morgan fingerprint density at radius 3 is 1.38 bits per heavy atom. The van der Waals surface area contributed by atoms with Gasteiger partial charge < -0.3 is 5.11 Å². The van der Waals surface area contributed by atoms with Crippen molar-refractivity contribution in [2.45, 2.75) is 30.8 Å². The average Bonchev–Trinajstić information content (AvgIpc) is 2.88. The molecule has 2 nitrogen and oxygen atoms in total. The molecule has 0 aromatic heterocycles. The lowest BCUT2D eigenvalue weighted by Crippen LogP contribution is -2.50. The Kier molecular flexibility index (Phi) is 6.42. The third-order valence-electron chi connectivity index (χ3n) is 7.51. The molecule has 34 heavy (non-hydrogen) atoms. The standard InChI is InChI=1S/C32H30O2/c1-22(33)27(23-14-6-2-7-15-23)30-28(24-16-8-3-9-17-24)31(29(30)25-18-10-4-11-19-25)32(34)26-20-12-5-13-21-26/h2-21,27-32,34H,1H3. The lowest BCUT2D eigenvalue weighted by Gasteiger charge is -2.57. The van der Waals surface area contributed by atoms with Gasteiger partial charge in [0.2, 0.25) is 0 Å². The van der Waals surface area contributed by atoms with Crippen LogP contribution in [0.3, 0.4) is 0 Å². The van der Waals surface area contributed by atoms with E-state index in [4.69, 9.17) is 0 Å². The van der Waals surface area contributed by atoms with Crippen molar-refractivity contribution in [2.24, 2.45) is 11.8 Å². The molecule has 1 saturated carbocycles. The molecule has 4 atom stereocenters. The SMILES string of the molecule is CC(=O)C(c1ccccc1)C1C(c2ccccc2)C(C(O)c2ccccc2)C1c1ccccc1.